The third-order valence-electron chi connectivity index (χ3n) is 6.55. The number of rotatable bonds is 10. The van der Waals surface area contributed by atoms with Crippen molar-refractivity contribution in [3.8, 4) is 17.1 Å². The molecular weight excluding hydrogens is 547 g/mol. The number of carbonyl (C=O) groups is 2. The number of para-hydroxylation sites is 1. The number of ether oxygens (including phenoxy) is 1. The van der Waals surface area contributed by atoms with E-state index in [4.69, 9.17) is 9.26 Å². The molecule has 0 radical (unpaired) electrons. The van der Waals surface area contributed by atoms with Crippen LogP contribution >= 0.6 is 0 Å². The van der Waals surface area contributed by atoms with E-state index < -0.39 is 15.3 Å². The number of amides is 2. The van der Waals surface area contributed by atoms with Gasteiger partial charge in [-0.3, -0.25) is 9.59 Å². The lowest BCUT2D eigenvalue weighted by atomic mass is 9.49. The zero-order chi connectivity index (χ0) is 29.4. The maximum atomic E-state index is 13.2. The average molecular weight is 577 g/mol. The summed E-state index contributed by atoms with van der Waals surface area (Å²) in [6.07, 6.45) is 3.67. The van der Waals surface area contributed by atoms with Gasteiger partial charge in [0, 0.05) is 24.7 Å². The lowest BCUT2D eigenvalue weighted by Gasteiger charge is -2.22. The van der Waals surface area contributed by atoms with E-state index in [2.05, 4.69) is 31.1 Å². The molecule has 1 aliphatic heterocycles. The summed E-state index contributed by atoms with van der Waals surface area (Å²) in [5, 5.41) is 12.6. The van der Waals surface area contributed by atoms with Crippen molar-refractivity contribution in [2.75, 3.05) is 30.0 Å². The van der Waals surface area contributed by atoms with Crippen LogP contribution in [0.3, 0.4) is 0 Å². The fourth-order valence-corrected chi connectivity index (χ4v) is 5.88. The number of nitrogens with zero attached hydrogens (tertiary/aromatic N) is 4. The monoisotopic (exact) mass is 577 g/mol. The average Bonchev–Trinajstić information content (AvgIpc) is 3.57. The minimum atomic E-state index is -3.32. The van der Waals surface area contributed by atoms with Crippen LogP contribution in [0.1, 0.15) is 35.5 Å². The predicted molar refractivity (Wildman–Crippen MR) is 160 cm³/mol. The highest BCUT2D eigenvalue weighted by Crippen LogP contribution is 2.38. The minimum Gasteiger partial charge on any atom is -0.494 e. The molecule has 2 fully saturated rings. The highest BCUT2D eigenvalue weighted by Gasteiger charge is 2.31. The number of methoxy groups -OCH3 is 1. The second kappa shape index (κ2) is 11.2. The number of aromatic nitrogens is 3. The van der Waals surface area contributed by atoms with Gasteiger partial charge in [-0.05, 0) is 36.6 Å². The lowest BCUT2D eigenvalue weighted by molar-refractivity contribution is -0.117. The van der Waals surface area contributed by atoms with E-state index in [1.807, 2.05) is 23.5 Å². The second-order valence-corrected chi connectivity index (χ2v) is 13.2. The van der Waals surface area contributed by atoms with Crippen LogP contribution in [0, 0.1) is 5.92 Å². The molecule has 1 saturated carbocycles. The first kappa shape index (κ1) is 28.7. The fourth-order valence-electron chi connectivity index (χ4n) is 4.41. The molecule has 3 heterocycles. The molecule has 2 aromatic heterocycles. The third kappa shape index (κ3) is 6.73. The molecule has 2 aliphatic rings. The zero-order valence-corrected chi connectivity index (χ0v) is 24.2. The van der Waals surface area contributed by atoms with Crippen LogP contribution in [0.4, 0.5) is 17.2 Å². The normalized spacial score (nSPS) is 16.7. The molecule has 3 aromatic rings. The summed E-state index contributed by atoms with van der Waals surface area (Å²) in [5.74, 6) is 0.702. The van der Waals surface area contributed by atoms with Crippen molar-refractivity contribution < 1.29 is 27.3 Å². The quantitative estimate of drug-likeness (QED) is 0.255. The minimum absolute atomic E-state index is 0.00575. The van der Waals surface area contributed by atoms with E-state index in [9.17, 15) is 18.0 Å². The Morgan fingerprint density at radius 1 is 1.22 bits per heavy atom. The molecule has 1 saturated heterocycles. The molecule has 3 N–H and O–H groups in total. The summed E-state index contributed by atoms with van der Waals surface area (Å²) in [5.41, 5.74) is 1.66. The zero-order valence-electron chi connectivity index (χ0n) is 23.4. The van der Waals surface area contributed by atoms with Gasteiger partial charge in [-0.1, -0.05) is 11.2 Å². The Kier molecular flexibility index (Phi) is 7.84. The van der Waals surface area contributed by atoms with Gasteiger partial charge in [0.05, 0.1) is 41.9 Å². The van der Waals surface area contributed by atoms with Crippen molar-refractivity contribution >= 4 is 62.6 Å². The van der Waals surface area contributed by atoms with Crippen molar-refractivity contribution in [1.82, 2.24) is 24.7 Å². The van der Waals surface area contributed by atoms with Gasteiger partial charge in [0.2, 0.25) is 27.6 Å². The Hall–Kier alpha value is -3.85. The van der Waals surface area contributed by atoms with E-state index in [0.29, 0.717) is 41.5 Å². The molecule has 5 rings (SSSR count). The van der Waals surface area contributed by atoms with Crippen molar-refractivity contribution in [1.29, 1.82) is 0 Å². The Labute approximate surface area is 240 Å². The summed E-state index contributed by atoms with van der Waals surface area (Å²) < 4.78 is 36.8. The summed E-state index contributed by atoms with van der Waals surface area (Å²) in [6.45, 7) is 0.400. The number of nitrogens with one attached hydrogen (secondary N) is 3. The summed E-state index contributed by atoms with van der Waals surface area (Å²) in [6, 6.07) is 6.86. The summed E-state index contributed by atoms with van der Waals surface area (Å²) >= 11 is 0. The number of hydrogen-bond donors (Lipinski definition) is 3. The number of anilines is 3. The summed E-state index contributed by atoms with van der Waals surface area (Å²) in [7, 11) is 3.79. The smallest absolute Gasteiger partial charge is 0.253 e. The van der Waals surface area contributed by atoms with Crippen LogP contribution in [0.25, 0.3) is 11.4 Å². The standard InChI is InChI=1S/C24H30B3N7O6S/c1-39-20-14(21-31-19(40-33-21)12-34-8-3-9-41(34,37)38)4-2-5-16(20)29-17-10-18(30-22(35)13-6-7-13)28-11-15(17)23(36)32-24(25,26)27/h2,4-5,10-11,13H,3,6-9,12,25-27H2,1H3,(H,32,36)(H2,28,29,30,35). The molecule has 2 amide bonds. The second-order valence-electron chi connectivity index (χ2n) is 11.1. The number of pyridine rings is 1. The van der Waals surface area contributed by atoms with E-state index in [1.54, 1.807) is 24.3 Å². The number of carbonyl (C=O) groups excluding carboxylic acids is 2. The molecule has 0 spiro atoms. The van der Waals surface area contributed by atoms with Gasteiger partial charge in [-0.15, -0.1) is 0 Å². The van der Waals surface area contributed by atoms with Crippen LogP contribution in [-0.2, 0) is 21.4 Å². The van der Waals surface area contributed by atoms with Crippen LogP contribution in [0.2, 0.25) is 0 Å². The van der Waals surface area contributed by atoms with Crippen molar-refractivity contribution in [2.24, 2.45) is 5.92 Å². The summed E-state index contributed by atoms with van der Waals surface area (Å²) in [4.78, 5) is 34.2. The van der Waals surface area contributed by atoms with Crippen LogP contribution in [0.15, 0.2) is 35.0 Å². The number of benzene rings is 1. The van der Waals surface area contributed by atoms with Crippen molar-refractivity contribution in [2.45, 2.75) is 31.0 Å². The molecule has 0 unspecified atom stereocenters. The Balaban J connectivity index is 1.45. The predicted octanol–water partition coefficient (Wildman–Crippen LogP) is -0.992. The van der Waals surface area contributed by atoms with Gasteiger partial charge in [-0.25, -0.2) is 13.4 Å². The number of hydrogen-bond acceptors (Lipinski definition) is 10. The maximum absolute atomic E-state index is 13.2. The topological polar surface area (TPSA) is 169 Å². The van der Waals surface area contributed by atoms with Crippen LogP contribution < -0.4 is 20.7 Å². The first-order valence-electron chi connectivity index (χ1n) is 13.3. The SMILES string of the molecule is BC(B)(B)NC(=O)c1cnc(NC(=O)C2CC2)cc1Nc1cccc(-c2noc(CN3CCCS3(=O)=O)n2)c1OC. The van der Waals surface area contributed by atoms with Gasteiger partial charge in [0.1, 0.15) is 29.4 Å². The van der Waals surface area contributed by atoms with E-state index >= 15 is 0 Å². The van der Waals surface area contributed by atoms with E-state index in [0.717, 1.165) is 12.8 Å². The van der Waals surface area contributed by atoms with E-state index in [-0.39, 0.29) is 47.3 Å². The Morgan fingerprint density at radius 2 is 2.00 bits per heavy atom. The molecule has 41 heavy (non-hydrogen) atoms. The molecule has 0 atom stereocenters. The Morgan fingerprint density at radius 3 is 2.66 bits per heavy atom. The molecule has 212 valence electrons. The van der Waals surface area contributed by atoms with Crippen molar-refractivity contribution in [3.05, 3.63) is 41.9 Å². The van der Waals surface area contributed by atoms with Gasteiger partial charge < -0.3 is 25.2 Å². The fraction of sp³-hybridized carbons (Fsp3) is 0.375. The molecule has 1 aromatic carbocycles. The molecule has 1 aliphatic carbocycles. The molecular formula is C24H30B3N7O6S. The van der Waals surface area contributed by atoms with Gasteiger partial charge >= 0.3 is 0 Å². The molecule has 0 bridgehead atoms. The van der Waals surface area contributed by atoms with Crippen LogP contribution in [-0.4, -0.2) is 87.8 Å². The van der Waals surface area contributed by atoms with Gasteiger partial charge in [-0.2, -0.15) is 9.29 Å². The highest BCUT2D eigenvalue weighted by atomic mass is 32.2. The molecule has 13 nitrogen and oxygen atoms in total. The maximum Gasteiger partial charge on any atom is 0.253 e. The first-order chi connectivity index (χ1) is 19.4. The largest absolute Gasteiger partial charge is 0.494 e. The Bertz CT molecular complexity index is 1590. The van der Waals surface area contributed by atoms with E-state index in [1.165, 1.54) is 17.6 Å². The first-order valence-corrected chi connectivity index (χ1v) is 14.9. The lowest BCUT2D eigenvalue weighted by Crippen LogP contribution is -2.50. The van der Waals surface area contributed by atoms with Gasteiger partial charge in [0.15, 0.2) is 5.75 Å². The highest BCUT2D eigenvalue weighted by molar-refractivity contribution is 7.89. The third-order valence-corrected chi connectivity index (χ3v) is 8.45. The van der Waals surface area contributed by atoms with Crippen LogP contribution in [0.5, 0.6) is 5.75 Å². The van der Waals surface area contributed by atoms with Crippen molar-refractivity contribution in [3.63, 3.8) is 0 Å². The van der Waals surface area contributed by atoms with Gasteiger partial charge in [0.25, 0.3) is 5.91 Å². The molecule has 17 heteroatoms. The number of sulfonamides is 1.